The molecule has 1 saturated carbocycles. The van der Waals surface area contributed by atoms with Crippen LogP contribution in [0.3, 0.4) is 0 Å². The van der Waals surface area contributed by atoms with E-state index in [-0.39, 0.29) is 17.9 Å². The molecular formula is C26H32ClN5O3. The van der Waals surface area contributed by atoms with Gasteiger partial charge in [0.25, 0.3) is 6.01 Å². The molecule has 186 valence electrons. The summed E-state index contributed by atoms with van der Waals surface area (Å²) in [5.74, 6) is 0.431. The number of pyridine rings is 1. The van der Waals surface area contributed by atoms with Crippen LogP contribution in [0.2, 0.25) is 5.02 Å². The van der Waals surface area contributed by atoms with Crippen molar-refractivity contribution in [2.24, 2.45) is 11.3 Å². The summed E-state index contributed by atoms with van der Waals surface area (Å²) in [6.45, 7) is 7.32. The molecule has 1 N–H and O–H groups in total. The molecule has 1 aliphatic heterocycles. The number of benzene rings is 1. The molecule has 3 aromatic rings. The zero-order chi connectivity index (χ0) is 24.7. The highest BCUT2D eigenvalue weighted by atomic mass is 35.5. The van der Waals surface area contributed by atoms with Gasteiger partial charge in [-0.05, 0) is 37.0 Å². The lowest BCUT2D eigenvalue weighted by Crippen LogP contribution is -2.49. The number of carbonyl (C=O) groups is 1. The van der Waals surface area contributed by atoms with Crippen molar-refractivity contribution in [3.05, 3.63) is 35.4 Å². The van der Waals surface area contributed by atoms with Crippen molar-refractivity contribution in [2.45, 2.75) is 32.8 Å². The van der Waals surface area contributed by atoms with Crippen LogP contribution >= 0.6 is 11.6 Å². The van der Waals surface area contributed by atoms with Gasteiger partial charge in [0, 0.05) is 43.9 Å². The Morgan fingerprint density at radius 1 is 1.17 bits per heavy atom. The van der Waals surface area contributed by atoms with Gasteiger partial charge in [-0.3, -0.25) is 4.79 Å². The first kappa shape index (κ1) is 23.9. The lowest BCUT2D eigenvalue weighted by molar-refractivity contribution is -0.145. The number of nitrogens with one attached hydrogen (secondary N) is 1. The molecule has 2 fully saturated rings. The number of aromatic nitrogens is 3. The largest absolute Gasteiger partial charge is 0.461 e. The highest BCUT2D eigenvalue weighted by Gasteiger charge is 2.46. The molecule has 1 aliphatic carbocycles. The van der Waals surface area contributed by atoms with Crippen LogP contribution in [0.15, 0.2) is 30.3 Å². The highest BCUT2D eigenvalue weighted by Crippen LogP contribution is 2.44. The fourth-order valence-corrected chi connectivity index (χ4v) is 5.23. The normalized spacial score (nSPS) is 20.5. The number of fused-ring (bicyclic) bond motifs is 1. The summed E-state index contributed by atoms with van der Waals surface area (Å²) >= 11 is 6.59. The molecule has 2 aromatic heterocycles. The number of imidazole rings is 1. The third kappa shape index (κ3) is 4.69. The molecule has 2 aliphatic rings. The number of amides is 1. The Hall–Kier alpha value is -2.84. The Bertz CT molecular complexity index is 1210. The van der Waals surface area contributed by atoms with Gasteiger partial charge in [-0.15, -0.1) is 0 Å². The second kappa shape index (κ2) is 9.32. The van der Waals surface area contributed by atoms with Gasteiger partial charge in [0.2, 0.25) is 5.91 Å². The third-order valence-electron chi connectivity index (χ3n) is 7.27. The molecule has 8 nitrogen and oxygen atoms in total. The van der Waals surface area contributed by atoms with Crippen LogP contribution in [0.5, 0.6) is 6.01 Å². The molecule has 0 unspecified atom stereocenters. The van der Waals surface area contributed by atoms with E-state index in [1.54, 1.807) is 19.0 Å². The second-order valence-electron chi connectivity index (χ2n) is 10.2. The molecule has 1 saturated heterocycles. The van der Waals surface area contributed by atoms with Crippen LogP contribution in [-0.4, -0.2) is 72.3 Å². The number of H-pyrrole nitrogens is 1. The summed E-state index contributed by atoms with van der Waals surface area (Å²) in [5.41, 5.74) is 3.69. The number of morpholine rings is 1. The van der Waals surface area contributed by atoms with Gasteiger partial charge in [0.1, 0.15) is 6.10 Å². The molecular weight excluding hydrogens is 466 g/mol. The number of hydrogen-bond acceptors (Lipinski definition) is 6. The van der Waals surface area contributed by atoms with Gasteiger partial charge in [-0.1, -0.05) is 37.6 Å². The smallest absolute Gasteiger partial charge is 0.296 e. The number of rotatable bonds is 6. The van der Waals surface area contributed by atoms with Gasteiger partial charge in [-0.25, -0.2) is 4.98 Å². The van der Waals surface area contributed by atoms with E-state index in [4.69, 9.17) is 26.1 Å². The minimum absolute atomic E-state index is 0.0254. The predicted octanol–water partition coefficient (Wildman–Crippen LogP) is 4.39. The van der Waals surface area contributed by atoms with Crippen LogP contribution in [0.25, 0.3) is 22.4 Å². The van der Waals surface area contributed by atoms with Crippen molar-refractivity contribution in [3.63, 3.8) is 0 Å². The number of ether oxygens (including phenoxy) is 2. The number of halogens is 1. The molecule has 1 amide bonds. The van der Waals surface area contributed by atoms with E-state index < -0.39 is 5.41 Å². The Morgan fingerprint density at radius 3 is 2.51 bits per heavy atom. The third-order valence-corrected chi connectivity index (χ3v) is 7.56. The molecule has 1 aromatic carbocycles. The van der Waals surface area contributed by atoms with Crippen LogP contribution in [0.1, 0.15) is 26.7 Å². The molecule has 5 rings (SSSR count). The maximum Gasteiger partial charge on any atom is 0.296 e. The van der Waals surface area contributed by atoms with Crippen LogP contribution in [0.4, 0.5) is 5.69 Å². The van der Waals surface area contributed by atoms with Gasteiger partial charge in [0.15, 0.2) is 5.65 Å². The summed E-state index contributed by atoms with van der Waals surface area (Å²) < 4.78 is 11.5. The van der Waals surface area contributed by atoms with Crippen LogP contribution in [-0.2, 0) is 9.53 Å². The first-order chi connectivity index (χ1) is 16.7. The zero-order valence-corrected chi connectivity index (χ0v) is 21.4. The first-order valence-electron chi connectivity index (χ1n) is 12.1. The summed E-state index contributed by atoms with van der Waals surface area (Å²) in [6, 6.07) is 10.6. The van der Waals surface area contributed by atoms with Gasteiger partial charge in [-0.2, -0.15) is 4.98 Å². The lowest BCUT2D eigenvalue weighted by Gasteiger charge is -2.44. The quantitative estimate of drug-likeness (QED) is 0.544. The average Bonchev–Trinajstić information content (AvgIpc) is 3.21. The Morgan fingerprint density at radius 2 is 1.86 bits per heavy atom. The summed E-state index contributed by atoms with van der Waals surface area (Å²) in [6.07, 6.45) is 1.66. The zero-order valence-electron chi connectivity index (χ0n) is 20.7. The van der Waals surface area contributed by atoms with Crippen molar-refractivity contribution in [3.8, 4) is 17.3 Å². The highest BCUT2D eigenvalue weighted by molar-refractivity contribution is 6.33. The number of carbonyl (C=O) groups excluding carboxylic acids is 1. The molecule has 9 heteroatoms. The van der Waals surface area contributed by atoms with Crippen LogP contribution < -0.4 is 9.64 Å². The van der Waals surface area contributed by atoms with Gasteiger partial charge >= 0.3 is 0 Å². The minimum Gasteiger partial charge on any atom is -0.461 e. The van der Waals surface area contributed by atoms with E-state index in [9.17, 15) is 4.79 Å². The average molecular weight is 498 g/mol. The summed E-state index contributed by atoms with van der Waals surface area (Å²) in [7, 11) is 3.60. The fourth-order valence-electron chi connectivity index (χ4n) is 4.97. The van der Waals surface area contributed by atoms with Crippen molar-refractivity contribution in [1.29, 1.82) is 0 Å². The fraction of sp³-hybridized carbons (Fsp3) is 0.500. The van der Waals surface area contributed by atoms with Crippen molar-refractivity contribution in [1.82, 2.24) is 19.9 Å². The number of hydrogen-bond donors (Lipinski definition) is 1. The van der Waals surface area contributed by atoms with E-state index in [1.807, 2.05) is 32.0 Å². The van der Waals surface area contributed by atoms with Crippen molar-refractivity contribution < 1.29 is 14.3 Å². The number of aromatic amines is 1. The molecule has 3 heterocycles. The first-order valence-corrected chi connectivity index (χ1v) is 12.5. The molecule has 35 heavy (non-hydrogen) atoms. The predicted molar refractivity (Wildman–Crippen MR) is 137 cm³/mol. The molecule has 0 radical (unpaired) electrons. The lowest BCUT2D eigenvalue weighted by atomic mass is 9.65. The van der Waals surface area contributed by atoms with Gasteiger partial charge < -0.3 is 24.3 Å². The summed E-state index contributed by atoms with van der Waals surface area (Å²) in [5, 5.41) is 0.555. The van der Waals surface area contributed by atoms with Crippen LogP contribution in [0, 0.1) is 11.3 Å². The van der Waals surface area contributed by atoms with E-state index in [0.29, 0.717) is 22.4 Å². The molecule has 0 bridgehead atoms. The topological polar surface area (TPSA) is 83.6 Å². The number of anilines is 1. The minimum atomic E-state index is -0.404. The Balaban J connectivity index is 1.27. The van der Waals surface area contributed by atoms with Gasteiger partial charge in [0.05, 0.1) is 29.4 Å². The maximum atomic E-state index is 12.5. The molecule has 0 atom stereocenters. The second-order valence-corrected chi connectivity index (χ2v) is 10.6. The number of nitrogens with zero attached hydrogens (tertiary/aromatic N) is 4. The monoisotopic (exact) mass is 497 g/mol. The van der Waals surface area contributed by atoms with E-state index in [2.05, 4.69) is 27.0 Å². The SMILES string of the molecule is CN(C)C(=O)C(C)(C)C1CC(Oc2nc3nc(-c4ccc(N5CCOCC5)cc4)c(Cl)cc3[nH]2)C1. The van der Waals surface area contributed by atoms with Crippen molar-refractivity contribution >= 4 is 34.4 Å². The van der Waals surface area contributed by atoms with E-state index in [0.717, 1.165) is 50.2 Å². The standard InChI is InChI=1S/C26H32ClN5O3/c1-26(2,24(33)31(3)4)17-13-19(14-17)35-25-28-21-15-20(27)22(29-23(21)30-25)16-5-7-18(8-6-16)32-9-11-34-12-10-32/h5-8,15,17,19H,9-14H2,1-4H3,(H,28,29,30). The molecule has 0 spiro atoms. The maximum absolute atomic E-state index is 12.5. The Labute approximate surface area is 210 Å². The van der Waals surface area contributed by atoms with Crippen molar-refractivity contribution in [2.75, 3.05) is 45.3 Å². The Kier molecular flexibility index (Phi) is 6.36. The van der Waals surface area contributed by atoms with E-state index >= 15 is 0 Å². The summed E-state index contributed by atoms with van der Waals surface area (Å²) in [4.78, 5) is 28.9. The van der Waals surface area contributed by atoms with E-state index in [1.165, 1.54) is 5.69 Å².